The summed E-state index contributed by atoms with van der Waals surface area (Å²) in [6.07, 6.45) is 3.26. The van der Waals surface area contributed by atoms with Crippen LogP contribution < -0.4 is 20.5 Å². The largest absolute Gasteiger partial charge is 0.495 e. The van der Waals surface area contributed by atoms with Crippen LogP contribution in [0.15, 0.2) is 75.6 Å². The Labute approximate surface area is 241 Å². The first kappa shape index (κ1) is 28.2. The van der Waals surface area contributed by atoms with Crippen LogP contribution in [0.3, 0.4) is 0 Å². The van der Waals surface area contributed by atoms with E-state index in [1.165, 1.54) is 10.9 Å². The molecule has 0 amide bonds. The van der Waals surface area contributed by atoms with Gasteiger partial charge in [-0.2, -0.15) is 0 Å². The van der Waals surface area contributed by atoms with Gasteiger partial charge in [-0.25, -0.2) is 0 Å². The van der Waals surface area contributed by atoms with E-state index in [1.807, 2.05) is 48.5 Å². The van der Waals surface area contributed by atoms with Gasteiger partial charge in [0.2, 0.25) is 0 Å². The van der Waals surface area contributed by atoms with E-state index >= 15 is 0 Å². The number of para-hydroxylation sites is 1. The van der Waals surface area contributed by atoms with Gasteiger partial charge < -0.3 is 29.4 Å². The van der Waals surface area contributed by atoms with Gasteiger partial charge in [-0.1, -0.05) is 58.0 Å². The number of nitrogens with two attached hydrogens (primary N) is 1. The molecule has 0 bridgehead atoms. The highest BCUT2D eigenvalue weighted by Crippen LogP contribution is 2.39. The quantitative estimate of drug-likeness (QED) is 0.183. The fourth-order valence-corrected chi connectivity index (χ4v) is 5.45. The summed E-state index contributed by atoms with van der Waals surface area (Å²) in [5.41, 5.74) is 12.4. The maximum absolute atomic E-state index is 5.96. The highest BCUT2D eigenvalue weighted by molar-refractivity contribution is 6.08. The van der Waals surface area contributed by atoms with Gasteiger partial charge in [0.15, 0.2) is 0 Å². The van der Waals surface area contributed by atoms with E-state index in [0.29, 0.717) is 23.4 Å². The monoisotopic (exact) mass is 552 g/mol. The summed E-state index contributed by atoms with van der Waals surface area (Å²) < 4.78 is 22.8. The van der Waals surface area contributed by atoms with Crippen LogP contribution in [0.2, 0.25) is 0 Å². The number of benzene rings is 4. The number of anilines is 2. The predicted molar refractivity (Wildman–Crippen MR) is 172 cm³/mol. The summed E-state index contributed by atoms with van der Waals surface area (Å²) in [5.74, 6) is 2.04. The summed E-state index contributed by atoms with van der Waals surface area (Å²) in [4.78, 5) is 0. The molecule has 0 aliphatic heterocycles. The van der Waals surface area contributed by atoms with Crippen molar-refractivity contribution in [2.45, 2.75) is 58.9 Å². The SMILES string of the molecule is CCC(C)c1cccc2oc3cc(N)c(OC)cc3c12.CCC(CC)Nc1cc2oc3ccccc3c2cc1OC. The van der Waals surface area contributed by atoms with Gasteiger partial charge in [0.25, 0.3) is 0 Å². The lowest BCUT2D eigenvalue weighted by Crippen LogP contribution is -2.17. The predicted octanol–water partition coefficient (Wildman–Crippen LogP) is 9.89. The third-order valence-corrected chi connectivity index (χ3v) is 8.07. The molecule has 0 aliphatic rings. The number of nitrogens with one attached hydrogen (secondary N) is 1. The van der Waals surface area contributed by atoms with Crippen LogP contribution in [0.4, 0.5) is 11.4 Å². The molecule has 0 fully saturated rings. The molecular formula is C35H40N2O4. The van der Waals surface area contributed by atoms with E-state index in [4.69, 9.17) is 24.0 Å². The fourth-order valence-electron chi connectivity index (χ4n) is 5.45. The molecule has 1 unspecified atom stereocenters. The Balaban J connectivity index is 0.000000165. The van der Waals surface area contributed by atoms with Gasteiger partial charge in [-0.3, -0.25) is 0 Å². The molecule has 41 heavy (non-hydrogen) atoms. The van der Waals surface area contributed by atoms with Crippen molar-refractivity contribution >= 4 is 55.3 Å². The van der Waals surface area contributed by atoms with Gasteiger partial charge in [0, 0.05) is 39.7 Å². The lowest BCUT2D eigenvalue weighted by atomic mass is 9.94. The Hall–Kier alpha value is -4.32. The molecule has 6 aromatic rings. The van der Waals surface area contributed by atoms with Crippen molar-refractivity contribution in [2.75, 3.05) is 25.3 Å². The minimum Gasteiger partial charge on any atom is -0.495 e. The molecule has 1 atom stereocenters. The van der Waals surface area contributed by atoms with Crippen molar-refractivity contribution in [3.8, 4) is 11.5 Å². The molecule has 4 aromatic carbocycles. The van der Waals surface area contributed by atoms with Gasteiger partial charge in [0.05, 0.1) is 25.6 Å². The van der Waals surface area contributed by atoms with E-state index in [9.17, 15) is 0 Å². The highest BCUT2D eigenvalue weighted by Gasteiger charge is 2.17. The van der Waals surface area contributed by atoms with Crippen LogP contribution in [0.25, 0.3) is 43.9 Å². The van der Waals surface area contributed by atoms with Gasteiger partial charge in [0.1, 0.15) is 33.8 Å². The Morgan fingerprint density at radius 1 is 0.707 bits per heavy atom. The zero-order chi connectivity index (χ0) is 29.1. The van der Waals surface area contributed by atoms with Crippen molar-refractivity contribution in [2.24, 2.45) is 0 Å². The Morgan fingerprint density at radius 2 is 1.37 bits per heavy atom. The minimum absolute atomic E-state index is 0.445. The minimum atomic E-state index is 0.445. The van der Waals surface area contributed by atoms with Crippen molar-refractivity contribution in [3.05, 3.63) is 72.3 Å². The smallest absolute Gasteiger partial charge is 0.142 e. The molecule has 0 spiro atoms. The molecule has 0 saturated carbocycles. The standard InChI is InChI=1S/C18H21NO2.C17H19NO2/c1-4-12(5-2)19-15-11-17-14(10-18(15)20-3)13-8-6-7-9-16(13)21-17;1-4-10(2)11-6-5-7-14-17(11)12-8-16(19-3)13(18)9-15(12)20-14/h6-12,19H,4-5H2,1-3H3;5-10H,4,18H2,1-3H3. The molecule has 6 nitrogen and oxygen atoms in total. The molecule has 6 heteroatoms. The number of hydrogen-bond donors (Lipinski definition) is 2. The normalized spacial score (nSPS) is 12.2. The lowest BCUT2D eigenvalue weighted by molar-refractivity contribution is 0.416. The number of nitrogen functional groups attached to an aromatic ring is 1. The highest BCUT2D eigenvalue weighted by atomic mass is 16.5. The summed E-state index contributed by atoms with van der Waals surface area (Å²) in [6, 6.07) is 22.7. The van der Waals surface area contributed by atoms with Crippen LogP contribution in [0, 0.1) is 0 Å². The van der Waals surface area contributed by atoms with Crippen LogP contribution >= 0.6 is 0 Å². The summed E-state index contributed by atoms with van der Waals surface area (Å²) in [5, 5.41) is 8.02. The van der Waals surface area contributed by atoms with Crippen molar-refractivity contribution in [1.29, 1.82) is 0 Å². The van der Waals surface area contributed by atoms with Crippen LogP contribution in [-0.4, -0.2) is 20.3 Å². The molecule has 0 radical (unpaired) electrons. The van der Waals surface area contributed by atoms with Crippen molar-refractivity contribution in [1.82, 2.24) is 0 Å². The first-order valence-corrected chi connectivity index (χ1v) is 14.5. The molecule has 6 rings (SSSR count). The number of fused-ring (bicyclic) bond motifs is 6. The molecule has 2 aromatic heterocycles. The average molecular weight is 553 g/mol. The van der Waals surface area contributed by atoms with E-state index in [-0.39, 0.29) is 0 Å². The third kappa shape index (κ3) is 5.39. The van der Waals surface area contributed by atoms with Crippen LogP contribution in [0.1, 0.15) is 58.4 Å². The van der Waals surface area contributed by atoms with E-state index in [1.54, 1.807) is 14.2 Å². The molecule has 2 heterocycles. The second-order valence-corrected chi connectivity index (χ2v) is 10.5. The van der Waals surface area contributed by atoms with Gasteiger partial charge in [-0.15, -0.1) is 0 Å². The number of furan rings is 2. The third-order valence-electron chi connectivity index (χ3n) is 8.07. The average Bonchev–Trinajstić information content (AvgIpc) is 3.55. The molecular weight excluding hydrogens is 512 g/mol. The maximum Gasteiger partial charge on any atom is 0.142 e. The van der Waals surface area contributed by atoms with Crippen molar-refractivity contribution < 1.29 is 18.3 Å². The zero-order valence-corrected chi connectivity index (χ0v) is 24.8. The number of hydrogen-bond acceptors (Lipinski definition) is 6. The number of ether oxygens (including phenoxy) is 2. The van der Waals surface area contributed by atoms with E-state index in [0.717, 1.165) is 69.2 Å². The fraction of sp³-hybridized carbons (Fsp3) is 0.314. The van der Waals surface area contributed by atoms with Crippen LogP contribution in [-0.2, 0) is 0 Å². The first-order chi connectivity index (χ1) is 19.9. The number of rotatable bonds is 8. The lowest BCUT2D eigenvalue weighted by Gasteiger charge is -2.18. The molecule has 214 valence electrons. The summed E-state index contributed by atoms with van der Waals surface area (Å²) in [6.45, 7) is 8.81. The first-order valence-electron chi connectivity index (χ1n) is 14.5. The van der Waals surface area contributed by atoms with Crippen LogP contribution in [0.5, 0.6) is 11.5 Å². The second kappa shape index (κ2) is 12.0. The molecule has 0 aliphatic carbocycles. The Bertz CT molecular complexity index is 1800. The maximum atomic E-state index is 5.96. The Kier molecular flexibility index (Phi) is 8.29. The topological polar surface area (TPSA) is 82.8 Å². The second-order valence-electron chi connectivity index (χ2n) is 10.5. The Morgan fingerprint density at radius 3 is 2.07 bits per heavy atom. The molecule has 0 saturated heterocycles. The molecule has 3 N–H and O–H groups in total. The van der Waals surface area contributed by atoms with E-state index in [2.05, 4.69) is 51.2 Å². The van der Waals surface area contributed by atoms with Crippen molar-refractivity contribution in [3.63, 3.8) is 0 Å². The van der Waals surface area contributed by atoms with Gasteiger partial charge in [-0.05, 0) is 55.0 Å². The summed E-state index contributed by atoms with van der Waals surface area (Å²) in [7, 11) is 3.34. The van der Waals surface area contributed by atoms with E-state index < -0.39 is 0 Å². The van der Waals surface area contributed by atoms with Gasteiger partial charge >= 0.3 is 0 Å². The summed E-state index contributed by atoms with van der Waals surface area (Å²) >= 11 is 0. The number of methoxy groups -OCH3 is 2. The zero-order valence-electron chi connectivity index (χ0n) is 24.8.